The van der Waals surface area contributed by atoms with Crippen molar-refractivity contribution in [2.24, 2.45) is 0 Å². The molecule has 5 rings (SSSR count). The molecule has 0 radical (unpaired) electrons. The molecule has 0 fully saturated rings. The molecule has 7 nitrogen and oxygen atoms in total. The molecule has 0 saturated heterocycles. The fraction of sp³-hybridized carbons (Fsp3) is 0.0870. The molecule has 2 aromatic carbocycles. The van der Waals surface area contributed by atoms with E-state index in [4.69, 9.17) is 9.15 Å². The summed E-state index contributed by atoms with van der Waals surface area (Å²) in [5, 5.41) is 12.0. The number of pyridine rings is 1. The molecule has 148 valence electrons. The van der Waals surface area contributed by atoms with Crippen molar-refractivity contribution in [1.29, 1.82) is 0 Å². The zero-order chi connectivity index (χ0) is 20.5. The summed E-state index contributed by atoms with van der Waals surface area (Å²) in [6.45, 7) is 0.322. The maximum atomic E-state index is 12.9. The van der Waals surface area contributed by atoms with Crippen molar-refractivity contribution < 1.29 is 13.9 Å². The first kappa shape index (κ1) is 17.9. The minimum Gasteiger partial charge on any atom is -0.495 e. The van der Waals surface area contributed by atoms with Gasteiger partial charge in [0.15, 0.2) is 5.76 Å². The van der Waals surface area contributed by atoms with Gasteiger partial charge in [0.05, 0.1) is 35.8 Å². The summed E-state index contributed by atoms with van der Waals surface area (Å²) in [5.41, 5.74) is 3.31. The summed E-state index contributed by atoms with van der Waals surface area (Å²) < 4.78 is 11.6. The summed E-state index contributed by atoms with van der Waals surface area (Å²) in [7, 11) is 1.54. The van der Waals surface area contributed by atoms with Crippen LogP contribution < -0.4 is 10.1 Å². The molecule has 0 spiro atoms. The van der Waals surface area contributed by atoms with Crippen molar-refractivity contribution in [3.63, 3.8) is 0 Å². The van der Waals surface area contributed by atoms with Gasteiger partial charge in [0.1, 0.15) is 17.0 Å². The molecule has 0 aliphatic rings. The van der Waals surface area contributed by atoms with Gasteiger partial charge in [0.25, 0.3) is 5.91 Å². The van der Waals surface area contributed by atoms with Crippen LogP contribution in [0, 0.1) is 0 Å². The molecule has 3 aromatic heterocycles. The Morgan fingerprint density at radius 2 is 2.00 bits per heavy atom. The molecule has 0 saturated carbocycles. The average molecular weight is 398 g/mol. The highest BCUT2D eigenvalue weighted by Gasteiger charge is 2.22. The van der Waals surface area contributed by atoms with E-state index in [0.717, 1.165) is 22.2 Å². The second-order valence-corrected chi connectivity index (χ2v) is 6.79. The maximum Gasteiger partial charge on any atom is 0.255 e. The lowest BCUT2D eigenvalue weighted by molar-refractivity contribution is 0.0947. The number of fused-ring (bicyclic) bond motifs is 2. The number of nitrogens with zero attached hydrogens (tertiary/aromatic N) is 2. The minimum atomic E-state index is -0.254. The number of H-pyrrole nitrogens is 1. The van der Waals surface area contributed by atoms with Gasteiger partial charge in [-0.25, -0.2) is 0 Å². The number of benzene rings is 2. The SMILES string of the molecule is COc1c(C(=O)NCc2ccccn2)ccc2[nH]nc(-c3cc4ccccc4o3)c12. The zero-order valence-corrected chi connectivity index (χ0v) is 16.2. The van der Waals surface area contributed by atoms with Crippen LogP contribution in [0.3, 0.4) is 0 Å². The average Bonchev–Trinajstić information content (AvgIpc) is 3.41. The van der Waals surface area contributed by atoms with E-state index in [2.05, 4.69) is 20.5 Å². The minimum absolute atomic E-state index is 0.254. The molecule has 5 aromatic rings. The monoisotopic (exact) mass is 398 g/mol. The highest BCUT2D eigenvalue weighted by molar-refractivity contribution is 6.07. The van der Waals surface area contributed by atoms with Crippen LogP contribution in [0.25, 0.3) is 33.3 Å². The van der Waals surface area contributed by atoms with E-state index in [9.17, 15) is 4.79 Å². The van der Waals surface area contributed by atoms with Crippen LogP contribution in [0.2, 0.25) is 0 Å². The highest BCUT2D eigenvalue weighted by Crippen LogP contribution is 2.38. The molecule has 3 heterocycles. The second-order valence-electron chi connectivity index (χ2n) is 6.79. The van der Waals surface area contributed by atoms with Crippen LogP contribution in [-0.4, -0.2) is 28.2 Å². The van der Waals surface area contributed by atoms with Crippen LogP contribution in [-0.2, 0) is 6.54 Å². The molecule has 0 unspecified atom stereocenters. The fourth-order valence-electron chi connectivity index (χ4n) is 3.52. The topological polar surface area (TPSA) is 93.0 Å². The van der Waals surface area contributed by atoms with Gasteiger partial charge in [-0.05, 0) is 36.4 Å². The highest BCUT2D eigenvalue weighted by atomic mass is 16.5. The second kappa shape index (κ2) is 7.36. The number of ether oxygens (including phenoxy) is 1. The first-order chi connectivity index (χ1) is 14.7. The lowest BCUT2D eigenvalue weighted by Crippen LogP contribution is -2.23. The van der Waals surface area contributed by atoms with Gasteiger partial charge in [-0.3, -0.25) is 14.9 Å². The third-order valence-electron chi connectivity index (χ3n) is 4.95. The number of para-hydroxylation sites is 1. The van der Waals surface area contributed by atoms with Gasteiger partial charge in [-0.1, -0.05) is 24.3 Å². The zero-order valence-electron chi connectivity index (χ0n) is 16.2. The smallest absolute Gasteiger partial charge is 0.255 e. The molecule has 0 aliphatic carbocycles. The van der Waals surface area contributed by atoms with Crippen LogP contribution in [0.5, 0.6) is 5.75 Å². The quantitative estimate of drug-likeness (QED) is 0.460. The van der Waals surface area contributed by atoms with Gasteiger partial charge in [0, 0.05) is 11.6 Å². The number of carbonyl (C=O) groups excluding carboxylic acids is 1. The summed E-state index contributed by atoms with van der Waals surface area (Å²) in [4.78, 5) is 17.1. The van der Waals surface area contributed by atoms with Gasteiger partial charge >= 0.3 is 0 Å². The number of amides is 1. The van der Waals surface area contributed by atoms with Crippen LogP contribution >= 0.6 is 0 Å². The number of methoxy groups -OCH3 is 1. The molecule has 7 heteroatoms. The number of aromatic amines is 1. The van der Waals surface area contributed by atoms with Crippen LogP contribution in [0.15, 0.2) is 71.3 Å². The Hall–Kier alpha value is -4.13. The van der Waals surface area contributed by atoms with Gasteiger partial charge < -0.3 is 14.5 Å². The molecule has 30 heavy (non-hydrogen) atoms. The molecular weight excluding hydrogens is 380 g/mol. The Kier molecular flexibility index (Phi) is 4.40. The van der Waals surface area contributed by atoms with Gasteiger partial charge in [-0.2, -0.15) is 5.10 Å². The number of hydrogen-bond donors (Lipinski definition) is 2. The molecule has 1 amide bonds. The number of aromatic nitrogens is 3. The molecular formula is C23H18N4O3. The first-order valence-electron chi connectivity index (χ1n) is 9.46. The van der Waals surface area contributed by atoms with E-state index in [0.29, 0.717) is 34.7 Å². The van der Waals surface area contributed by atoms with Gasteiger partial charge in [0.2, 0.25) is 0 Å². The van der Waals surface area contributed by atoms with E-state index in [1.54, 1.807) is 19.4 Å². The predicted molar refractivity (Wildman–Crippen MR) is 113 cm³/mol. The third kappa shape index (κ3) is 3.06. The van der Waals surface area contributed by atoms with Gasteiger partial charge in [-0.15, -0.1) is 0 Å². The Balaban J connectivity index is 1.55. The van der Waals surface area contributed by atoms with Crippen molar-refractivity contribution in [2.75, 3.05) is 7.11 Å². The standard InChI is InChI=1S/C23H18N4O3/c1-29-22-16(23(28)25-13-15-7-4-5-11-24-15)9-10-17-20(22)21(27-26-17)19-12-14-6-2-3-8-18(14)30-19/h2-12H,13H2,1H3,(H,25,28)(H,26,27). The van der Waals surface area contributed by atoms with E-state index in [1.165, 1.54) is 0 Å². The normalized spacial score (nSPS) is 11.1. The molecule has 0 aliphatic heterocycles. The largest absolute Gasteiger partial charge is 0.495 e. The summed E-state index contributed by atoms with van der Waals surface area (Å²) in [5.74, 6) is 0.790. The summed E-state index contributed by atoms with van der Waals surface area (Å²) in [6.07, 6.45) is 1.69. The predicted octanol–water partition coefficient (Wildman–Crippen LogP) is 4.31. The number of hydrogen-bond acceptors (Lipinski definition) is 5. The number of carbonyl (C=O) groups is 1. The Labute approximate surface area is 171 Å². The van der Waals surface area contributed by atoms with Crippen LogP contribution in [0.1, 0.15) is 16.1 Å². The van der Waals surface area contributed by atoms with E-state index in [-0.39, 0.29) is 5.91 Å². The van der Waals surface area contributed by atoms with Crippen molar-refractivity contribution in [3.8, 4) is 17.2 Å². The van der Waals surface area contributed by atoms with E-state index < -0.39 is 0 Å². The fourth-order valence-corrected chi connectivity index (χ4v) is 3.52. The summed E-state index contributed by atoms with van der Waals surface area (Å²) in [6, 6.07) is 18.8. The summed E-state index contributed by atoms with van der Waals surface area (Å²) >= 11 is 0. The van der Waals surface area contributed by atoms with Crippen molar-refractivity contribution in [3.05, 3.63) is 78.1 Å². The maximum absolute atomic E-state index is 12.9. The van der Waals surface area contributed by atoms with Crippen molar-refractivity contribution in [2.45, 2.75) is 6.54 Å². The van der Waals surface area contributed by atoms with Crippen LogP contribution in [0.4, 0.5) is 0 Å². The number of nitrogens with one attached hydrogen (secondary N) is 2. The Morgan fingerprint density at radius 3 is 2.80 bits per heavy atom. The lowest BCUT2D eigenvalue weighted by atomic mass is 10.1. The van der Waals surface area contributed by atoms with E-state index >= 15 is 0 Å². The lowest BCUT2D eigenvalue weighted by Gasteiger charge is -2.11. The molecule has 2 N–H and O–H groups in total. The third-order valence-corrected chi connectivity index (χ3v) is 4.95. The molecule has 0 atom stereocenters. The number of furan rings is 1. The number of rotatable bonds is 5. The van der Waals surface area contributed by atoms with E-state index in [1.807, 2.05) is 54.6 Å². The molecule has 0 bridgehead atoms. The van der Waals surface area contributed by atoms with Crippen molar-refractivity contribution >= 4 is 27.8 Å². The first-order valence-corrected chi connectivity index (χ1v) is 9.46. The Morgan fingerprint density at radius 1 is 1.13 bits per heavy atom. The Bertz CT molecular complexity index is 1320. The van der Waals surface area contributed by atoms with Crippen molar-refractivity contribution in [1.82, 2.24) is 20.5 Å².